The van der Waals surface area contributed by atoms with Crippen molar-refractivity contribution >= 4 is 17.7 Å². The van der Waals surface area contributed by atoms with Gasteiger partial charge in [0.25, 0.3) is 5.56 Å². The summed E-state index contributed by atoms with van der Waals surface area (Å²) in [4.78, 5) is 32.4. The van der Waals surface area contributed by atoms with Crippen LogP contribution in [0.25, 0.3) is 0 Å². The standard InChI is InChI=1S/C11H8FN3O3S/c1-5-2-8(16)15-11(14-5)19-9-7(10(17)18)3-6(12)4-13-9/h2-4H,1H3,(H,17,18)(H,14,15,16). The van der Waals surface area contributed by atoms with Crippen LogP contribution in [0, 0.1) is 12.7 Å². The van der Waals surface area contributed by atoms with Crippen LogP contribution in [0.2, 0.25) is 0 Å². The highest BCUT2D eigenvalue weighted by molar-refractivity contribution is 7.99. The van der Waals surface area contributed by atoms with Crippen molar-refractivity contribution in [2.24, 2.45) is 0 Å². The summed E-state index contributed by atoms with van der Waals surface area (Å²) in [5.74, 6) is -2.04. The first-order chi connectivity index (χ1) is 8.95. The van der Waals surface area contributed by atoms with Gasteiger partial charge in [0.15, 0.2) is 5.16 Å². The van der Waals surface area contributed by atoms with E-state index in [1.807, 2.05) is 0 Å². The van der Waals surface area contributed by atoms with E-state index in [0.29, 0.717) is 5.69 Å². The van der Waals surface area contributed by atoms with Crippen molar-refractivity contribution in [3.63, 3.8) is 0 Å². The average Bonchev–Trinajstić information content (AvgIpc) is 2.30. The lowest BCUT2D eigenvalue weighted by Crippen LogP contribution is -2.09. The minimum atomic E-state index is -1.30. The number of aromatic carboxylic acids is 1. The Balaban J connectivity index is 2.43. The molecule has 98 valence electrons. The molecule has 2 rings (SSSR count). The van der Waals surface area contributed by atoms with Crippen LogP contribution in [0.4, 0.5) is 4.39 Å². The Hall–Kier alpha value is -2.22. The highest BCUT2D eigenvalue weighted by Crippen LogP contribution is 2.25. The SMILES string of the molecule is Cc1cc(=O)[nH]c(Sc2ncc(F)cc2C(=O)O)n1. The topological polar surface area (TPSA) is 95.9 Å². The maximum absolute atomic E-state index is 13.0. The van der Waals surface area contributed by atoms with Crippen molar-refractivity contribution in [2.45, 2.75) is 17.1 Å². The Morgan fingerprint density at radius 2 is 2.21 bits per heavy atom. The molecule has 0 spiro atoms. The van der Waals surface area contributed by atoms with Crippen molar-refractivity contribution < 1.29 is 14.3 Å². The molecule has 0 bridgehead atoms. The van der Waals surface area contributed by atoms with Gasteiger partial charge in [-0.2, -0.15) is 0 Å². The molecule has 0 fully saturated rings. The fourth-order valence-corrected chi connectivity index (χ4v) is 2.24. The molecule has 0 aliphatic carbocycles. The van der Waals surface area contributed by atoms with Gasteiger partial charge in [0, 0.05) is 11.8 Å². The Labute approximate surface area is 110 Å². The molecule has 2 aromatic heterocycles. The average molecular weight is 281 g/mol. The third-order valence-corrected chi connectivity index (χ3v) is 2.99. The number of pyridine rings is 1. The van der Waals surface area contributed by atoms with Crippen LogP contribution in [-0.2, 0) is 0 Å². The second kappa shape index (κ2) is 5.19. The minimum Gasteiger partial charge on any atom is -0.478 e. The normalized spacial score (nSPS) is 10.4. The molecule has 19 heavy (non-hydrogen) atoms. The van der Waals surface area contributed by atoms with Gasteiger partial charge in [-0.15, -0.1) is 0 Å². The van der Waals surface area contributed by atoms with Gasteiger partial charge in [0.2, 0.25) is 0 Å². The Kier molecular flexibility index (Phi) is 3.61. The summed E-state index contributed by atoms with van der Waals surface area (Å²) in [6.45, 7) is 1.63. The second-order valence-electron chi connectivity index (χ2n) is 3.61. The molecular weight excluding hydrogens is 273 g/mol. The summed E-state index contributed by atoms with van der Waals surface area (Å²) in [6.07, 6.45) is 0.905. The molecule has 0 aromatic carbocycles. The molecule has 0 amide bonds. The van der Waals surface area contributed by atoms with Gasteiger partial charge < -0.3 is 10.1 Å². The van der Waals surface area contributed by atoms with Gasteiger partial charge in [0.05, 0.1) is 11.8 Å². The molecule has 6 nitrogen and oxygen atoms in total. The molecule has 0 aliphatic rings. The summed E-state index contributed by atoms with van der Waals surface area (Å²) in [6, 6.07) is 2.17. The molecule has 0 radical (unpaired) electrons. The first-order valence-electron chi connectivity index (χ1n) is 5.10. The highest BCUT2D eigenvalue weighted by Gasteiger charge is 2.15. The Bertz CT molecular complexity index is 702. The summed E-state index contributed by atoms with van der Waals surface area (Å²) in [5, 5.41) is 9.22. The monoisotopic (exact) mass is 281 g/mol. The van der Waals surface area contributed by atoms with Gasteiger partial charge >= 0.3 is 5.97 Å². The largest absolute Gasteiger partial charge is 0.478 e. The molecule has 0 aliphatic heterocycles. The molecule has 2 heterocycles. The molecular formula is C11H8FN3O3S. The van der Waals surface area contributed by atoms with Crippen LogP contribution in [-0.4, -0.2) is 26.0 Å². The number of hydrogen-bond acceptors (Lipinski definition) is 5. The van der Waals surface area contributed by atoms with Crippen LogP contribution in [0.1, 0.15) is 16.1 Å². The zero-order valence-electron chi connectivity index (χ0n) is 9.68. The first kappa shape index (κ1) is 13.2. The lowest BCUT2D eigenvalue weighted by atomic mass is 10.3. The van der Waals surface area contributed by atoms with Crippen LogP contribution in [0.3, 0.4) is 0 Å². The predicted octanol–water partition coefficient (Wildman–Crippen LogP) is 1.46. The van der Waals surface area contributed by atoms with Crippen LogP contribution >= 0.6 is 11.8 Å². The third kappa shape index (κ3) is 3.16. The van der Waals surface area contributed by atoms with E-state index < -0.39 is 11.8 Å². The van der Waals surface area contributed by atoms with E-state index in [9.17, 15) is 14.0 Å². The molecule has 0 saturated carbocycles. The third-order valence-electron chi connectivity index (χ3n) is 2.09. The quantitative estimate of drug-likeness (QED) is 0.827. The van der Waals surface area contributed by atoms with E-state index in [1.165, 1.54) is 6.07 Å². The zero-order chi connectivity index (χ0) is 14.0. The van der Waals surface area contributed by atoms with E-state index >= 15 is 0 Å². The number of nitrogens with one attached hydrogen (secondary N) is 1. The number of H-pyrrole nitrogens is 1. The lowest BCUT2D eigenvalue weighted by Gasteiger charge is -2.04. The Morgan fingerprint density at radius 1 is 1.47 bits per heavy atom. The molecule has 0 saturated heterocycles. The number of aromatic amines is 1. The van der Waals surface area contributed by atoms with Crippen molar-refractivity contribution in [3.05, 3.63) is 45.8 Å². The number of rotatable bonds is 3. The van der Waals surface area contributed by atoms with Crippen LogP contribution in [0.5, 0.6) is 0 Å². The fourth-order valence-electron chi connectivity index (χ4n) is 1.35. The van der Waals surface area contributed by atoms with Gasteiger partial charge in [0.1, 0.15) is 10.8 Å². The predicted molar refractivity (Wildman–Crippen MR) is 64.9 cm³/mol. The van der Waals surface area contributed by atoms with E-state index in [-0.39, 0.29) is 21.3 Å². The van der Waals surface area contributed by atoms with E-state index in [0.717, 1.165) is 24.0 Å². The summed E-state index contributed by atoms with van der Waals surface area (Å²) in [7, 11) is 0. The number of aryl methyl sites for hydroxylation is 1. The number of carboxylic acids is 1. The molecule has 2 N–H and O–H groups in total. The Morgan fingerprint density at radius 3 is 2.84 bits per heavy atom. The number of nitrogens with zero attached hydrogens (tertiary/aromatic N) is 2. The van der Waals surface area contributed by atoms with Gasteiger partial charge in [-0.25, -0.2) is 19.2 Å². The van der Waals surface area contributed by atoms with Gasteiger partial charge in [-0.1, -0.05) is 0 Å². The number of carbonyl (C=O) groups is 1. The lowest BCUT2D eigenvalue weighted by molar-refractivity contribution is 0.0691. The van der Waals surface area contributed by atoms with Crippen molar-refractivity contribution in [1.82, 2.24) is 15.0 Å². The number of carboxylic acid groups (broad SMARTS) is 1. The summed E-state index contributed by atoms with van der Waals surface area (Å²) < 4.78 is 13.0. The molecule has 0 atom stereocenters. The second-order valence-corrected chi connectivity index (χ2v) is 4.58. The first-order valence-corrected chi connectivity index (χ1v) is 5.92. The molecule has 0 unspecified atom stereocenters. The van der Waals surface area contributed by atoms with Crippen LogP contribution < -0.4 is 5.56 Å². The molecule has 2 aromatic rings. The zero-order valence-corrected chi connectivity index (χ0v) is 10.5. The maximum atomic E-state index is 13.0. The summed E-state index contributed by atoms with van der Waals surface area (Å²) in [5.41, 5.74) is -0.145. The highest BCUT2D eigenvalue weighted by atomic mass is 32.2. The van der Waals surface area contributed by atoms with Crippen molar-refractivity contribution in [1.29, 1.82) is 0 Å². The van der Waals surface area contributed by atoms with Gasteiger partial charge in [-0.05, 0) is 24.8 Å². The minimum absolute atomic E-state index is 0.0580. The van der Waals surface area contributed by atoms with Crippen LogP contribution in [0.15, 0.2) is 33.3 Å². The number of halogens is 1. The van der Waals surface area contributed by atoms with E-state index in [1.54, 1.807) is 6.92 Å². The summed E-state index contributed by atoms with van der Waals surface area (Å²) >= 11 is 0.854. The maximum Gasteiger partial charge on any atom is 0.338 e. The number of hydrogen-bond donors (Lipinski definition) is 2. The van der Waals surface area contributed by atoms with E-state index in [4.69, 9.17) is 5.11 Å². The number of aromatic nitrogens is 3. The van der Waals surface area contributed by atoms with Crippen molar-refractivity contribution in [3.8, 4) is 0 Å². The smallest absolute Gasteiger partial charge is 0.338 e. The van der Waals surface area contributed by atoms with E-state index in [2.05, 4.69) is 15.0 Å². The molecule has 8 heteroatoms. The fraction of sp³-hybridized carbons (Fsp3) is 0.0909. The van der Waals surface area contributed by atoms with Gasteiger partial charge in [-0.3, -0.25) is 4.79 Å². The van der Waals surface area contributed by atoms with Crippen molar-refractivity contribution in [2.75, 3.05) is 0 Å².